The number of nitro groups is 1. The van der Waals surface area contributed by atoms with E-state index in [2.05, 4.69) is 20.5 Å². The van der Waals surface area contributed by atoms with Crippen LogP contribution >= 0.6 is 11.8 Å². The second-order valence-electron chi connectivity index (χ2n) is 5.93. The topological polar surface area (TPSA) is 114 Å². The highest BCUT2D eigenvalue weighted by molar-refractivity contribution is 7.99. The minimum Gasteiger partial charge on any atom is -0.325 e. The number of hydrogen-bond donors (Lipinski definition) is 2. The Labute approximate surface area is 159 Å². The van der Waals surface area contributed by atoms with Crippen LogP contribution in [0.4, 0.5) is 11.4 Å². The number of H-pyrrole nitrogens is 1. The molecule has 8 nitrogen and oxygen atoms in total. The standard InChI is InChI=1S/C18H17N5O3S/c1-11-3-8-15(12(2)9-11)19-16(24)10-27-18-20-17(21-22-18)13-4-6-14(7-5-13)23(25)26/h3-9H,10H2,1-2H3,(H,19,24)(H,20,21,22). The third-order valence-corrected chi connectivity index (χ3v) is 4.65. The van der Waals surface area contributed by atoms with Crippen molar-refractivity contribution in [1.29, 1.82) is 0 Å². The normalized spacial score (nSPS) is 10.6. The summed E-state index contributed by atoms with van der Waals surface area (Å²) in [5.41, 5.74) is 3.62. The smallest absolute Gasteiger partial charge is 0.269 e. The van der Waals surface area contributed by atoms with Crippen molar-refractivity contribution in [1.82, 2.24) is 15.2 Å². The summed E-state index contributed by atoms with van der Waals surface area (Å²) in [6.45, 7) is 3.95. The third-order valence-electron chi connectivity index (χ3n) is 3.80. The Morgan fingerprint density at radius 2 is 1.96 bits per heavy atom. The van der Waals surface area contributed by atoms with Crippen molar-refractivity contribution in [2.75, 3.05) is 11.1 Å². The fourth-order valence-electron chi connectivity index (χ4n) is 2.45. The summed E-state index contributed by atoms with van der Waals surface area (Å²) in [4.78, 5) is 26.7. The molecule has 3 rings (SSSR count). The Balaban J connectivity index is 1.59. The van der Waals surface area contributed by atoms with Gasteiger partial charge in [-0.05, 0) is 37.6 Å². The van der Waals surface area contributed by atoms with Crippen LogP contribution in [-0.2, 0) is 4.79 Å². The summed E-state index contributed by atoms with van der Waals surface area (Å²) in [5.74, 6) is 0.515. The summed E-state index contributed by atoms with van der Waals surface area (Å²) in [5, 5.41) is 20.8. The van der Waals surface area contributed by atoms with Crippen LogP contribution in [0.2, 0.25) is 0 Å². The predicted molar refractivity (Wildman–Crippen MR) is 104 cm³/mol. The van der Waals surface area contributed by atoms with Gasteiger partial charge in [0.2, 0.25) is 11.1 Å². The lowest BCUT2D eigenvalue weighted by atomic mass is 10.1. The molecular weight excluding hydrogens is 366 g/mol. The molecule has 2 aromatic carbocycles. The summed E-state index contributed by atoms with van der Waals surface area (Å²) >= 11 is 1.21. The number of aromatic nitrogens is 3. The number of rotatable bonds is 6. The fourth-order valence-corrected chi connectivity index (χ4v) is 3.05. The Hall–Kier alpha value is -3.20. The van der Waals surface area contributed by atoms with Crippen LogP contribution < -0.4 is 5.32 Å². The molecule has 27 heavy (non-hydrogen) atoms. The van der Waals surface area contributed by atoms with E-state index in [0.29, 0.717) is 16.5 Å². The zero-order chi connectivity index (χ0) is 19.4. The molecule has 0 saturated carbocycles. The number of nitrogens with one attached hydrogen (secondary N) is 2. The highest BCUT2D eigenvalue weighted by Gasteiger charge is 2.11. The lowest BCUT2D eigenvalue weighted by Gasteiger charge is -2.08. The molecule has 1 amide bonds. The molecule has 0 aliphatic heterocycles. The SMILES string of the molecule is Cc1ccc(NC(=O)CSc2n[nH]c(-c3ccc([N+](=O)[O-])cc3)n2)c(C)c1. The van der Waals surface area contributed by atoms with Crippen molar-refractivity contribution in [3.63, 3.8) is 0 Å². The monoisotopic (exact) mass is 383 g/mol. The summed E-state index contributed by atoms with van der Waals surface area (Å²) in [7, 11) is 0. The van der Waals surface area contributed by atoms with Crippen LogP contribution in [0.5, 0.6) is 0 Å². The molecule has 3 aromatic rings. The highest BCUT2D eigenvalue weighted by Crippen LogP contribution is 2.22. The molecule has 0 unspecified atom stereocenters. The molecule has 0 radical (unpaired) electrons. The van der Waals surface area contributed by atoms with Crippen molar-refractivity contribution in [2.24, 2.45) is 0 Å². The molecule has 0 aliphatic carbocycles. The van der Waals surface area contributed by atoms with Gasteiger partial charge in [-0.25, -0.2) is 4.98 Å². The van der Waals surface area contributed by atoms with Crippen LogP contribution in [-0.4, -0.2) is 31.8 Å². The Kier molecular flexibility index (Phi) is 5.51. The fraction of sp³-hybridized carbons (Fsp3) is 0.167. The number of nitro benzene ring substituents is 1. The number of aryl methyl sites for hydroxylation is 2. The van der Waals surface area contributed by atoms with Gasteiger partial charge < -0.3 is 5.32 Å². The Bertz CT molecular complexity index is 985. The van der Waals surface area contributed by atoms with E-state index < -0.39 is 4.92 Å². The number of aromatic amines is 1. The van der Waals surface area contributed by atoms with E-state index in [1.165, 1.54) is 23.9 Å². The third kappa shape index (κ3) is 4.70. The molecule has 0 saturated heterocycles. The zero-order valence-corrected chi connectivity index (χ0v) is 15.5. The summed E-state index contributed by atoms with van der Waals surface area (Å²) in [6, 6.07) is 11.8. The number of benzene rings is 2. The van der Waals surface area contributed by atoms with Crippen LogP contribution in [0.1, 0.15) is 11.1 Å². The average Bonchev–Trinajstić information content (AvgIpc) is 3.11. The largest absolute Gasteiger partial charge is 0.325 e. The molecule has 138 valence electrons. The Morgan fingerprint density at radius 3 is 2.63 bits per heavy atom. The molecule has 2 N–H and O–H groups in total. The van der Waals surface area contributed by atoms with Gasteiger partial charge >= 0.3 is 0 Å². The lowest BCUT2D eigenvalue weighted by Crippen LogP contribution is -2.15. The first-order chi connectivity index (χ1) is 12.9. The molecule has 1 aromatic heterocycles. The highest BCUT2D eigenvalue weighted by atomic mass is 32.2. The average molecular weight is 383 g/mol. The van der Waals surface area contributed by atoms with Crippen molar-refractivity contribution >= 4 is 29.0 Å². The van der Waals surface area contributed by atoms with E-state index in [9.17, 15) is 14.9 Å². The van der Waals surface area contributed by atoms with E-state index in [1.807, 2.05) is 32.0 Å². The van der Waals surface area contributed by atoms with Gasteiger partial charge in [0.25, 0.3) is 5.69 Å². The van der Waals surface area contributed by atoms with Gasteiger partial charge in [-0.3, -0.25) is 20.0 Å². The number of carbonyl (C=O) groups excluding carboxylic acids is 1. The molecule has 0 bridgehead atoms. The number of nitrogens with zero attached hydrogens (tertiary/aromatic N) is 3. The number of thioether (sulfide) groups is 1. The molecule has 1 heterocycles. The maximum absolute atomic E-state index is 12.1. The van der Waals surface area contributed by atoms with E-state index >= 15 is 0 Å². The molecule has 9 heteroatoms. The first kappa shape index (κ1) is 18.6. The second-order valence-corrected chi connectivity index (χ2v) is 6.87. The number of anilines is 1. The van der Waals surface area contributed by atoms with Gasteiger partial charge in [0.1, 0.15) is 0 Å². The summed E-state index contributed by atoms with van der Waals surface area (Å²) < 4.78 is 0. The van der Waals surface area contributed by atoms with Gasteiger partial charge in [0.05, 0.1) is 10.7 Å². The predicted octanol–water partition coefficient (Wildman–Crippen LogP) is 3.73. The van der Waals surface area contributed by atoms with Gasteiger partial charge in [-0.15, -0.1) is 5.10 Å². The van der Waals surface area contributed by atoms with Crippen LogP contribution in [0.3, 0.4) is 0 Å². The number of amides is 1. The van der Waals surface area contributed by atoms with E-state index in [-0.39, 0.29) is 17.3 Å². The molecular formula is C18H17N5O3S. The van der Waals surface area contributed by atoms with Crippen LogP contribution in [0.15, 0.2) is 47.6 Å². The summed E-state index contributed by atoms with van der Waals surface area (Å²) in [6.07, 6.45) is 0. The minimum absolute atomic E-state index is 0.0101. The van der Waals surface area contributed by atoms with Gasteiger partial charge in [-0.2, -0.15) is 0 Å². The number of non-ortho nitro benzene ring substituents is 1. The van der Waals surface area contributed by atoms with E-state index in [1.54, 1.807) is 12.1 Å². The quantitative estimate of drug-likeness (QED) is 0.381. The first-order valence-corrected chi connectivity index (χ1v) is 9.08. The maximum atomic E-state index is 12.1. The van der Waals surface area contributed by atoms with Crippen LogP contribution in [0, 0.1) is 24.0 Å². The van der Waals surface area contributed by atoms with E-state index in [0.717, 1.165) is 16.8 Å². The zero-order valence-electron chi connectivity index (χ0n) is 14.7. The number of hydrogen-bond acceptors (Lipinski definition) is 6. The lowest BCUT2D eigenvalue weighted by molar-refractivity contribution is -0.384. The van der Waals surface area contributed by atoms with Gasteiger partial charge in [0, 0.05) is 23.4 Å². The van der Waals surface area contributed by atoms with Gasteiger partial charge in [0.15, 0.2) is 5.82 Å². The first-order valence-electron chi connectivity index (χ1n) is 8.09. The van der Waals surface area contributed by atoms with Crippen molar-refractivity contribution in [2.45, 2.75) is 19.0 Å². The van der Waals surface area contributed by atoms with E-state index in [4.69, 9.17) is 0 Å². The molecule has 0 atom stereocenters. The van der Waals surface area contributed by atoms with Crippen molar-refractivity contribution < 1.29 is 9.72 Å². The molecule has 0 aliphatic rings. The second kappa shape index (κ2) is 8.00. The van der Waals surface area contributed by atoms with Gasteiger partial charge in [-0.1, -0.05) is 29.5 Å². The van der Waals surface area contributed by atoms with Crippen molar-refractivity contribution in [3.05, 3.63) is 63.7 Å². The molecule has 0 fully saturated rings. The van der Waals surface area contributed by atoms with Crippen molar-refractivity contribution in [3.8, 4) is 11.4 Å². The molecule has 0 spiro atoms. The Morgan fingerprint density at radius 1 is 1.22 bits per heavy atom. The number of carbonyl (C=O) groups is 1. The minimum atomic E-state index is -0.459. The van der Waals surface area contributed by atoms with Crippen LogP contribution in [0.25, 0.3) is 11.4 Å². The maximum Gasteiger partial charge on any atom is 0.269 e.